The van der Waals surface area contributed by atoms with Crippen molar-refractivity contribution >= 4 is 46.7 Å². The van der Waals surface area contributed by atoms with Crippen LogP contribution in [0, 0.1) is 0 Å². The molecule has 0 radical (unpaired) electrons. The number of furan rings is 1. The van der Waals surface area contributed by atoms with Crippen LogP contribution in [0.2, 0.25) is 5.02 Å². The van der Waals surface area contributed by atoms with E-state index in [0.29, 0.717) is 27.5 Å². The van der Waals surface area contributed by atoms with Crippen LogP contribution in [-0.2, 0) is 17.9 Å². The molecule has 3 aromatic carbocycles. The molecule has 184 valence electrons. The molecular formula is C29H22ClN3O3S. The minimum atomic E-state index is -0.169. The lowest BCUT2D eigenvalue weighted by Gasteiger charge is -2.12. The Kier molecular flexibility index (Phi) is 7.84. The molecule has 1 aliphatic rings. The van der Waals surface area contributed by atoms with E-state index < -0.39 is 0 Å². The minimum Gasteiger partial charge on any atom is -0.489 e. The molecule has 2 heterocycles. The van der Waals surface area contributed by atoms with E-state index in [1.165, 1.54) is 11.8 Å². The number of rotatable bonds is 8. The van der Waals surface area contributed by atoms with Crippen molar-refractivity contribution in [1.29, 1.82) is 0 Å². The van der Waals surface area contributed by atoms with Crippen LogP contribution in [0.4, 0.5) is 0 Å². The zero-order valence-corrected chi connectivity index (χ0v) is 21.2. The first-order chi connectivity index (χ1) is 18.1. The molecule has 0 atom stereocenters. The predicted molar refractivity (Wildman–Crippen MR) is 149 cm³/mol. The standard InChI is InChI=1S/C29H22ClN3O3S/c30-24-13-11-21(12-14-24)18-31-32-29-33(19-26-10-5-15-35-26)28(34)27(37-29)17-23-8-4-9-25(16-23)36-20-22-6-2-1-3-7-22/h1-18H,19-20H2/b27-17-,31-18+,32-29-. The Balaban J connectivity index is 1.36. The van der Waals surface area contributed by atoms with Crippen LogP contribution in [0.3, 0.4) is 0 Å². The van der Waals surface area contributed by atoms with Gasteiger partial charge in [-0.05, 0) is 70.9 Å². The lowest BCUT2D eigenvalue weighted by Crippen LogP contribution is -2.28. The van der Waals surface area contributed by atoms with Crippen molar-refractivity contribution in [3.63, 3.8) is 0 Å². The Morgan fingerprint density at radius 1 is 0.946 bits per heavy atom. The first-order valence-electron chi connectivity index (χ1n) is 11.5. The summed E-state index contributed by atoms with van der Waals surface area (Å²) in [6, 6.07) is 28.5. The molecule has 0 spiro atoms. The molecule has 0 bridgehead atoms. The molecule has 1 aliphatic heterocycles. The van der Waals surface area contributed by atoms with Gasteiger partial charge < -0.3 is 9.15 Å². The second-order valence-electron chi connectivity index (χ2n) is 8.11. The maximum Gasteiger partial charge on any atom is 0.267 e. The number of amides is 1. The summed E-state index contributed by atoms with van der Waals surface area (Å²) in [7, 11) is 0. The summed E-state index contributed by atoms with van der Waals surface area (Å²) in [4.78, 5) is 15.4. The molecule has 0 aliphatic carbocycles. The number of carbonyl (C=O) groups is 1. The first-order valence-corrected chi connectivity index (χ1v) is 12.7. The van der Waals surface area contributed by atoms with Gasteiger partial charge in [0.15, 0.2) is 5.17 Å². The number of thioether (sulfide) groups is 1. The van der Waals surface area contributed by atoms with Crippen LogP contribution in [0.25, 0.3) is 6.08 Å². The molecule has 6 nitrogen and oxygen atoms in total. The topological polar surface area (TPSA) is 67.4 Å². The van der Waals surface area contributed by atoms with Gasteiger partial charge >= 0.3 is 0 Å². The van der Waals surface area contributed by atoms with Crippen molar-refractivity contribution in [2.75, 3.05) is 0 Å². The zero-order chi connectivity index (χ0) is 25.5. The maximum atomic E-state index is 13.3. The smallest absolute Gasteiger partial charge is 0.267 e. The lowest BCUT2D eigenvalue weighted by molar-refractivity contribution is -0.122. The monoisotopic (exact) mass is 527 g/mol. The van der Waals surface area contributed by atoms with Crippen molar-refractivity contribution in [2.45, 2.75) is 13.2 Å². The number of nitrogens with zero attached hydrogens (tertiary/aromatic N) is 3. The Bertz CT molecular complexity index is 1450. The van der Waals surface area contributed by atoms with Crippen molar-refractivity contribution in [3.8, 4) is 5.75 Å². The number of amidine groups is 1. The summed E-state index contributed by atoms with van der Waals surface area (Å²) in [5.41, 5.74) is 2.79. The first kappa shape index (κ1) is 24.6. The van der Waals surface area contributed by atoms with Gasteiger partial charge in [-0.2, -0.15) is 5.10 Å². The number of halogens is 1. The van der Waals surface area contributed by atoms with Crippen LogP contribution in [0.5, 0.6) is 5.75 Å². The van der Waals surface area contributed by atoms with Gasteiger partial charge in [-0.3, -0.25) is 9.69 Å². The normalized spacial score (nSPS) is 15.8. The van der Waals surface area contributed by atoms with Crippen LogP contribution in [0.1, 0.15) is 22.5 Å². The highest BCUT2D eigenvalue weighted by Gasteiger charge is 2.34. The van der Waals surface area contributed by atoms with E-state index in [4.69, 9.17) is 20.8 Å². The average Bonchev–Trinajstić information content (AvgIpc) is 3.54. The maximum absolute atomic E-state index is 13.3. The summed E-state index contributed by atoms with van der Waals surface area (Å²) < 4.78 is 11.4. The second-order valence-corrected chi connectivity index (χ2v) is 9.55. The molecular weight excluding hydrogens is 506 g/mol. The fraction of sp³-hybridized carbons (Fsp3) is 0.0690. The second kappa shape index (κ2) is 11.8. The van der Waals surface area contributed by atoms with Gasteiger partial charge in [0.2, 0.25) is 0 Å². The third-order valence-corrected chi connectivity index (χ3v) is 6.66. The van der Waals surface area contributed by atoms with Crippen molar-refractivity contribution < 1.29 is 13.9 Å². The van der Waals surface area contributed by atoms with Crippen LogP contribution in [-0.4, -0.2) is 22.2 Å². The highest BCUT2D eigenvalue weighted by Crippen LogP contribution is 2.34. The highest BCUT2D eigenvalue weighted by atomic mass is 35.5. The zero-order valence-electron chi connectivity index (χ0n) is 19.7. The third kappa shape index (κ3) is 6.58. The number of ether oxygens (including phenoxy) is 1. The number of hydrogen-bond donors (Lipinski definition) is 0. The molecule has 0 N–H and O–H groups in total. The van der Waals surface area contributed by atoms with E-state index >= 15 is 0 Å². The van der Waals surface area contributed by atoms with Gasteiger partial charge in [-0.1, -0.05) is 66.2 Å². The van der Waals surface area contributed by atoms with Gasteiger partial charge in [0.05, 0.1) is 23.9 Å². The Hall–Kier alpha value is -4.07. The van der Waals surface area contributed by atoms with Crippen molar-refractivity contribution in [3.05, 3.63) is 130 Å². The fourth-order valence-corrected chi connectivity index (χ4v) is 4.62. The quantitative estimate of drug-likeness (QED) is 0.140. The number of benzene rings is 3. The van der Waals surface area contributed by atoms with Gasteiger partial charge in [0.25, 0.3) is 5.91 Å². The van der Waals surface area contributed by atoms with Gasteiger partial charge in [0, 0.05) is 5.02 Å². The number of hydrogen-bond acceptors (Lipinski definition) is 6. The largest absolute Gasteiger partial charge is 0.489 e. The molecule has 4 aromatic rings. The number of carbonyl (C=O) groups excluding carboxylic acids is 1. The van der Waals surface area contributed by atoms with Crippen LogP contribution in [0.15, 0.2) is 117 Å². The summed E-state index contributed by atoms with van der Waals surface area (Å²) in [5.74, 6) is 1.21. The molecule has 8 heteroatoms. The summed E-state index contributed by atoms with van der Waals surface area (Å²) in [6.07, 6.45) is 5.04. The fourth-order valence-electron chi connectivity index (χ4n) is 3.56. The lowest BCUT2D eigenvalue weighted by atomic mass is 10.2. The Morgan fingerprint density at radius 3 is 2.57 bits per heavy atom. The van der Waals surface area contributed by atoms with Gasteiger partial charge in [-0.25, -0.2) is 0 Å². The molecule has 0 unspecified atom stereocenters. The van der Waals surface area contributed by atoms with Crippen LogP contribution >= 0.6 is 23.4 Å². The Morgan fingerprint density at radius 2 is 1.78 bits per heavy atom. The highest BCUT2D eigenvalue weighted by molar-refractivity contribution is 8.18. The van der Waals surface area contributed by atoms with Crippen molar-refractivity contribution in [1.82, 2.24) is 4.90 Å². The molecule has 1 amide bonds. The molecule has 5 rings (SSSR count). The SMILES string of the molecule is O=C1/C(=C/c2cccc(OCc3ccccc3)c2)S/C(=N\N=C\c2ccc(Cl)cc2)N1Cc1ccco1. The molecule has 37 heavy (non-hydrogen) atoms. The molecule has 0 saturated carbocycles. The molecule has 1 saturated heterocycles. The molecule has 1 aromatic heterocycles. The van der Waals surface area contributed by atoms with Crippen molar-refractivity contribution in [2.24, 2.45) is 10.2 Å². The minimum absolute atomic E-state index is 0.169. The third-order valence-electron chi connectivity index (χ3n) is 5.41. The van der Waals surface area contributed by atoms with E-state index in [-0.39, 0.29) is 12.5 Å². The molecule has 1 fully saturated rings. The van der Waals surface area contributed by atoms with Gasteiger partial charge in [-0.15, -0.1) is 5.10 Å². The van der Waals surface area contributed by atoms with E-state index in [1.807, 2.05) is 78.9 Å². The summed E-state index contributed by atoms with van der Waals surface area (Å²) in [6.45, 7) is 0.722. The van der Waals surface area contributed by atoms with Crippen LogP contribution < -0.4 is 4.74 Å². The van der Waals surface area contributed by atoms with Gasteiger partial charge in [0.1, 0.15) is 18.1 Å². The van der Waals surface area contributed by atoms with E-state index in [0.717, 1.165) is 22.4 Å². The predicted octanol–water partition coefficient (Wildman–Crippen LogP) is 7.02. The van der Waals surface area contributed by atoms with E-state index in [1.54, 1.807) is 35.6 Å². The average molecular weight is 528 g/mol. The summed E-state index contributed by atoms with van der Waals surface area (Å²) >= 11 is 7.21. The van der Waals surface area contributed by atoms with E-state index in [9.17, 15) is 4.79 Å². The summed E-state index contributed by atoms with van der Waals surface area (Å²) in [5, 5.41) is 9.66. The Labute approximate surface area is 223 Å². The van der Waals surface area contributed by atoms with E-state index in [2.05, 4.69) is 10.2 Å².